The van der Waals surface area contributed by atoms with Crippen LogP contribution in [0.1, 0.15) is 0 Å². The van der Waals surface area contributed by atoms with Crippen LogP contribution in [0.3, 0.4) is 0 Å². The Hall–Kier alpha value is -1.88. The topological polar surface area (TPSA) is 64.3 Å². The first-order chi connectivity index (χ1) is 8.16. The molecule has 17 heavy (non-hydrogen) atoms. The van der Waals surface area contributed by atoms with Gasteiger partial charge in [0.2, 0.25) is 5.88 Å². The summed E-state index contributed by atoms with van der Waals surface area (Å²) in [6.07, 6.45) is 1.49. The largest absolute Gasteiger partial charge is 0.476 e. The van der Waals surface area contributed by atoms with Crippen LogP contribution in [0.4, 0.5) is 5.69 Å². The number of fused-ring (bicyclic) bond motifs is 1. The number of nitrogens with two attached hydrogens (primary N) is 1. The molecule has 90 valence electrons. The zero-order valence-electron chi connectivity index (χ0n) is 10.1. The van der Waals surface area contributed by atoms with E-state index in [1.165, 1.54) is 6.33 Å². The second-order valence-electron chi connectivity index (χ2n) is 4.11. The summed E-state index contributed by atoms with van der Waals surface area (Å²) in [6.45, 7) is 1.45. The third-order valence-electron chi connectivity index (χ3n) is 2.40. The number of anilines is 1. The molecule has 0 aliphatic carbocycles. The molecule has 0 fully saturated rings. The summed E-state index contributed by atoms with van der Waals surface area (Å²) >= 11 is 0. The molecule has 0 bridgehead atoms. The van der Waals surface area contributed by atoms with E-state index in [0.29, 0.717) is 18.2 Å². The first-order valence-electron chi connectivity index (χ1n) is 5.44. The van der Waals surface area contributed by atoms with E-state index in [2.05, 4.69) is 14.9 Å². The number of hydrogen-bond donors (Lipinski definition) is 1. The van der Waals surface area contributed by atoms with E-state index in [4.69, 9.17) is 10.5 Å². The van der Waals surface area contributed by atoms with Crippen molar-refractivity contribution < 1.29 is 4.74 Å². The van der Waals surface area contributed by atoms with Gasteiger partial charge in [0.1, 0.15) is 12.9 Å². The molecule has 5 nitrogen and oxygen atoms in total. The van der Waals surface area contributed by atoms with Crippen molar-refractivity contribution in [2.45, 2.75) is 0 Å². The lowest BCUT2D eigenvalue weighted by Crippen LogP contribution is -2.19. The number of benzene rings is 1. The summed E-state index contributed by atoms with van der Waals surface area (Å²) in [5.41, 5.74) is 7.20. The summed E-state index contributed by atoms with van der Waals surface area (Å²) in [4.78, 5) is 10.4. The zero-order chi connectivity index (χ0) is 12.3. The second-order valence-corrected chi connectivity index (χ2v) is 4.11. The lowest BCUT2D eigenvalue weighted by molar-refractivity contribution is 0.256. The Balaban J connectivity index is 2.22. The molecule has 0 spiro atoms. The molecular weight excluding hydrogens is 216 g/mol. The maximum Gasteiger partial charge on any atom is 0.224 e. The van der Waals surface area contributed by atoms with Crippen LogP contribution in [0, 0.1) is 0 Å². The van der Waals surface area contributed by atoms with Gasteiger partial charge < -0.3 is 15.4 Å². The molecule has 1 heterocycles. The molecular formula is C12H16N4O. The maximum absolute atomic E-state index is 5.71. The minimum Gasteiger partial charge on any atom is -0.476 e. The van der Waals surface area contributed by atoms with Gasteiger partial charge >= 0.3 is 0 Å². The highest BCUT2D eigenvalue weighted by Gasteiger charge is 2.04. The van der Waals surface area contributed by atoms with Gasteiger partial charge in [0.05, 0.1) is 10.9 Å². The molecule has 0 saturated heterocycles. The summed E-state index contributed by atoms with van der Waals surface area (Å²) in [5.74, 6) is 0.608. The first kappa shape index (κ1) is 11.6. The predicted octanol–water partition coefficient (Wildman–Crippen LogP) is 1.15. The van der Waals surface area contributed by atoms with Crippen LogP contribution < -0.4 is 10.5 Å². The predicted molar refractivity (Wildman–Crippen MR) is 68.0 cm³/mol. The van der Waals surface area contributed by atoms with Crippen LogP contribution in [0.2, 0.25) is 0 Å². The fourth-order valence-corrected chi connectivity index (χ4v) is 1.49. The number of rotatable bonds is 4. The Bertz CT molecular complexity index is 513. The van der Waals surface area contributed by atoms with E-state index >= 15 is 0 Å². The fourth-order valence-electron chi connectivity index (χ4n) is 1.49. The van der Waals surface area contributed by atoms with Gasteiger partial charge in [-0.1, -0.05) is 0 Å². The smallest absolute Gasteiger partial charge is 0.224 e. The fraction of sp³-hybridized carbons (Fsp3) is 0.333. The molecule has 0 aliphatic rings. The van der Waals surface area contributed by atoms with Crippen molar-refractivity contribution in [3.8, 4) is 5.88 Å². The van der Waals surface area contributed by atoms with Gasteiger partial charge in [-0.15, -0.1) is 0 Å². The van der Waals surface area contributed by atoms with Crippen LogP contribution in [-0.4, -0.2) is 42.1 Å². The normalized spacial score (nSPS) is 11.0. The Morgan fingerprint density at radius 1 is 1.29 bits per heavy atom. The number of nitrogen functional groups attached to an aromatic ring is 1. The van der Waals surface area contributed by atoms with Crippen molar-refractivity contribution in [2.75, 3.05) is 33.0 Å². The summed E-state index contributed by atoms with van der Waals surface area (Å²) in [6, 6.07) is 5.52. The summed E-state index contributed by atoms with van der Waals surface area (Å²) in [7, 11) is 4.00. The van der Waals surface area contributed by atoms with Gasteiger partial charge in [-0.3, -0.25) is 0 Å². The average Bonchev–Trinajstić information content (AvgIpc) is 2.28. The van der Waals surface area contributed by atoms with Gasteiger partial charge in [0.25, 0.3) is 0 Å². The Kier molecular flexibility index (Phi) is 3.39. The number of aromatic nitrogens is 2. The van der Waals surface area contributed by atoms with Gasteiger partial charge in [-0.05, 0) is 32.3 Å². The Morgan fingerprint density at radius 2 is 2.12 bits per heavy atom. The highest BCUT2D eigenvalue weighted by Crippen LogP contribution is 2.22. The summed E-state index contributed by atoms with van der Waals surface area (Å²) in [5, 5.41) is 0.889. The molecule has 2 aromatic rings. The van der Waals surface area contributed by atoms with Crippen LogP contribution in [0.15, 0.2) is 24.5 Å². The molecule has 0 atom stereocenters. The lowest BCUT2D eigenvalue weighted by Gasteiger charge is -2.11. The third-order valence-corrected chi connectivity index (χ3v) is 2.40. The molecule has 2 N–H and O–H groups in total. The van der Waals surface area contributed by atoms with Crippen LogP contribution in [0.5, 0.6) is 5.88 Å². The standard InChI is InChI=1S/C12H16N4O/c1-16(2)5-6-17-12-10-4-3-9(13)7-11(10)14-8-15-12/h3-4,7-8H,5-6,13H2,1-2H3. The van der Waals surface area contributed by atoms with Crippen molar-refractivity contribution in [3.05, 3.63) is 24.5 Å². The van der Waals surface area contributed by atoms with Gasteiger partial charge in [-0.25, -0.2) is 9.97 Å². The van der Waals surface area contributed by atoms with Crippen molar-refractivity contribution >= 4 is 16.6 Å². The SMILES string of the molecule is CN(C)CCOc1ncnc2cc(N)ccc12. The highest BCUT2D eigenvalue weighted by molar-refractivity contribution is 5.85. The number of ether oxygens (including phenoxy) is 1. The minimum absolute atomic E-state index is 0.601. The lowest BCUT2D eigenvalue weighted by atomic mass is 10.2. The van der Waals surface area contributed by atoms with Crippen molar-refractivity contribution in [1.29, 1.82) is 0 Å². The number of likely N-dealkylation sites (N-methyl/N-ethyl adjacent to an activating group) is 1. The summed E-state index contributed by atoms with van der Waals surface area (Å²) < 4.78 is 5.64. The van der Waals surface area contributed by atoms with Crippen LogP contribution in [-0.2, 0) is 0 Å². The van der Waals surface area contributed by atoms with Crippen molar-refractivity contribution in [1.82, 2.24) is 14.9 Å². The van der Waals surface area contributed by atoms with E-state index < -0.39 is 0 Å². The van der Waals surface area contributed by atoms with E-state index in [1.54, 1.807) is 0 Å². The van der Waals surface area contributed by atoms with Crippen LogP contribution >= 0.6 is 0 Å². The van der Waals surface area contributed by atoms with Gasteiger partial charge in [0, 0.05) is 12.2 Å². The molecule has 0 saturated carbocycles. The van der Waals surface area contributed by atoms with Gasteiger partial charge in [0.15, 0.2) is 0 Å². The first-order valence-corrected chi connectivity index (χ1v) is 5.44. The monoisotopic (exact) mass is 232 g/mol. The van der Waals surface area contributed by atoms with Crippen molar-refractivity contribution in [3.63, 3.8) is 0 Å². The van der Waals surface area contributed by atoms with Crippen molar-refractivity contribution in [2.24, 2.45) is 0 Å². The van der Waals surface area contributed by atoms with E-state index in [9.17, 15) is 0 Å². The average molecular weight is 232 g/mol. The Labute approximate surface area is 100 Å². The molecule has 0 radical (unpaired) electrons. The molecule has 0 unspecified atom stereocenters. The van der Waals surface area contributed by atoms with E-state index in [1.807, 2.05) is 32.3 Å². The molecule has 2 rings (SSSR count). The highest BCUT2D eigenvalue weighted by atomic mass is 16.5. The Morgan fingerprint density at radius 3 is 2.88 bits per heavy atom. The molecule has 1 aromatic carbocycles. The molecule has 0 amide bonds. The van der Waals surface area contributed by atoms with E-state index in [0.717, 1.165) is 17.4 Å². The quantitative estimate of drug-likeness (QED) is 0.801. The van der Waals surface area contributed by atoms with E-state index in [-0.39, 0.29) is 0 Å². The minimum atomic E-state index is 0.601. The van der Waals surface area contributed by atoms with Gasteiger partial charge in [-0.2, -0.15) is 0 Å². The molecule has 1 aromatic heterocycles. The molecule has 0 aliphatic heterocycles. The zero-order valence-corrected chi connectivity index (χ0v) is 10.1. The second kappa shape index (κ2) is 4.97. The third kappa shape index (κ3) is 2.82. The van der Waals surface area contributed by atoms with Crippen LogP contribution in [0.25, 0.3) is 10.9 Å². The number of nitrogens with zero attached hydrogens (tertiary/aromatic N) is 3. The molecule has 5 heteroatoms. The maximum atomic E-state index is 5.71. The number of hydrogen-bond acceptors (Lipinski definition) is 5.